The molecule has 0 radical (unpaired) electrons. The van der Waals surface area contributed by atoms with Gasteiger partial charge in [0.2, 0.25) is 5.91 Å². The molecule has 0 unspecified atom stereocenters. The van der Waals surface area contributed by atoms with Gasteiger partial charge in [-0.25, -0.2) is 14.2 Å². The van der Waals surface area contributed by atoms with Crippen LogP contribution in [0, 0.1) is 19.7 Å². The second-order valence-corrected chi connectivity index (χ2v) is 6.80. The molecule has 0 saturated carbocycles. The van der Waals surface area contributed by atoms with Crippen LogP contribution in [0.3, 0.4) is 0 Å². The van der Waals surface area contributed by atoms with Gasteiger partial charge in [-0.2, -0.15) is 0 Å². The number of hydrogen-bond donors (Lipinski definition) is 2. The maximum atomic E-state index is 14.1. The Morgan fingerprint density at radius 2 is 2.17 bits per heavy atom. The molecule has 3 amide bonds. The van der Waals surface area contributed by atoms with Gasteiger partial charge in [-0.15, -0.1) is 11.3 Å². The van der Waals surface area contributed by atoms with E-state index in [1.807, 2.05) is 13.8 Å². The van der Waals surface area contributed by atoms with Crippen LogP contribution in [0.15, 0.2) is 18.2 Å². The minimum Gasteiger partial charge on any atom is -0.380 e. The Hall–Kier alpha value is -2.48. The number of rotatable bonds is 4. The lowest BCUT2D eigenvalue weighted by Gasteiger charge is -2.27. The first-order chi connectivity index (χ1) is 11.4. The van der Waals surface area contributed by atoms with E-state index in [1.54, 1.807) is 23.5 Å². The van der Waals surface area contributed by atoms with E-state index in [2.05, 4.69) is 15.6 Å². The van der Waals surface area contributed by atoms with Gasteiger partial charge in [0.1, 0.15) is 5.82 Å². The summed E-state index contributed by atoms with van der Waals surface area (Å²) in [5.41, 5.74) is 1.82. The molecular weight excluding hydrogens is 331 g/mol. The predicted octanol–water partition coefficient (Wildman–Crippen LogP) is 2.96. The Kier molecular flexibility index (Phi) is 4.48. The highest BCUT2D eigenvalue weighted by molar-refractivity contribution is 7.11. The maximum Gasteiger partial charge on any atom is 0.328 e. The van der Waals surface area contributed by atoms with Crippen LogP contribution >= 0.6 is 11.3 Å². The average Bonchev–Trinajstić information content (AvgIpc) is 2.85. The van der Waals surface area contributed by atoms with Crippen molar-refractivity contribution in [1.29, 1.82) is 0 Å². The number of benzene rings is 1. The number of aryl methyl sites for hydroxylation is 2. The minimum absolute atomic E-state index is 0.155. The summed E-state index contributed by atoms with van der Waals surface area (Å²) in [4.78, 5) is 29.8. The van der Waals surface area contributed by atoms with Crippen molar-refractivity contribution in [2.75, 3.05) is 16.8 Å². The number of hydrogen-bond acceptors (Lipinski definition) is 5. The zero-order valence-electron chi connectivity index (χ0n) is 13.4. The zero-order chi connectivity index (χ0) is 17.3. The smallest absolute Gasteiger partial charge is 0.328 e. The van der Waals surface area contributed by atoms with Crippen LogP contribution in [0.25, 0.3) is 0 Å². The van der Waals surface area contributed by atoms with Crippen LogP contribution < -0.4 is 15.5 Å². The van der Waals surface area contributed by atoms with E-state index in [-0.39, 0.29) is 24.6 Å². The lowest BCUT2D eigenvalue weighted by atomic mass is 10.2. The van der Waals surface area contributed by atoms with Gasteiger partial charge in [0, 0.05) is 23.5 Å². The fourth-order valence-electron chi connectivity index (χ4n) is 2.54. The van der Waals surface area contributed by atoms with E-state index in [0.717, 1.165) is 15.6 Å². The Bertz CT molecular complexity index is 805. The zero-order valence-corrected chi connectivity index (χ0v) is 14.2. The third-order valence-electron chi connectivity index (χ3n) is 3.74. The molecule has 1 aliphatic heterocycles. The number of urea groups is 1. The summed E-state index contributed by atoms with van der Waals surface area (Å²) in [7, 11) is 0. The largest absolute Gasteiger partial charge is 0.380 e. The van der Waals surface area contributed by atoms with E-state index in [1.165, 1.54) is 11.0 Å². The Balaban J connectivity index is 1.77. The highest BCUT2D eigenvalue weighted by Crippen LogP contribution is 2.26. The van der Waals surface area contributed by atoms with Gasteiger partial charge in [0.25, 0.3) is 0 Å². The number of halogens is 1. The molecule has 1 aromatic carbocycles. The molecule has 8 heteroatoms. The van der Waals surface area contributed by atoms with Crippen LogP contribution in [-0.2, 0) is 11.3 Å². The summed E-state index contributed by atoms with van der Waals surface area (Å²) in [5, 5.41) is 6.42. The number of carbonyl (C=O) groups excluding carboxylic acids is 2. The van der Waals surface area contributed by atoms with Crippen LogP contribution in [0.5, 0.6) is 0 Å². The number of nitrogens with zero attached hydrogens (tertiary/aromatic N) is 2. The third kappa shape index (κ3) is 3.38. The number of aromatic nitrogens is 1. The van der Waals surface area contributed by atoms with Crippen molar-refractivity contribution in [2.24, 2.45) is 0 Å². The summed E-state index contributed by atoms with van der Waals surface area (Å²) in [5.74, 6) is -0.850. The Morgan fingerprint density at radius 1 is 1.38 bits per heavy atom. The fourth-order valence-corrected chi connectivity index (χ4v) is 3.42. The van der Waals surface area contributed by atoms with Crippen molar-refractivity contribution in [3.63, 3.8) is 0 Å². The first kappa shape index (κ1) is 16.4. The second-order valence-electron chi connectivity index (χ2n) is 5.52. The van der Waals surface area contributed by atoms with Gasteiger partial charge in [-0.1, -0.05) is 0 Å². The van der Waals surface area contributed by atoms with E-state index in [9.17, 15) is 14.0 Å². The van der Waals surface area contributed by atoms with Crippen molar-refractivity contribution in [1.82, 2.24) is 10.3 Å². The average molecular weight is 348 g/mol. The molecule has 1 fully saturated rings. The molecule has 3 rings (SSSR count). The van der Waals surface area contributed by atoms with Crippen LogP contribution in [0.1, 0.15) is 22.0 Å². The first-order valence-electron chi connectivity index (χ1n) is 7.51. The second kappa shape index (κ2) is 6.56. The number of imide groups is 1. The molecule has 2 heterocycles. The fraction of sp³-hybridized carbons (Fsp3) is 0.312. The van der Waals surface area contributed by atoms with Crippen molar-refractivity contribution >= 4 is 34.6 Å². The molecule has 0 bridgehead atoms. The quantitative estimate of drug-likeness (QED) is 0.891. The molecule has 24 heavy (non-hydrogen) atoms. The van der Waals surface area contributed by atoms with Crippen molar-refractivity contribution in [2.45, 2.75) is 26.8 Å². The van der Waals surface area contributed by atoms with E-state index < -0.39 is 11.8 Å². The van der Waals surface area contributed by atoms with E-state index in [0.29, 0.717) is 12.2 Å². The lowest BCUT2D eigenvalue weighted by Crippen LogP contribution is -2.49. The predicted molar refractivity (Wildman–Crippen MR) is 90.8 cm³/mol. The lowest BCUT2D eigenvalue weighted by molar-refractivity contribution is -0.120. The highest BCUT2D eigenvalue weighted by Gasteiger charge is 2.26. The van der Waals surface area contributed by atoms with Gasteiger partial charge in [0.05, 0.1) is 22.9 Å². The Labute approximate surface area is 142 Å². The highest BCUT2D eigenvalue weighted by atomic mass is 32.1. The minimum atomic E-state index is -0.601. The molecule has 2 aromatic rings. The molecular formula is C16H17FN4O2S. The monoisotopic (exact) mass is 348 g/mol. The summed E-state index contributed by atoms with van der Waals surface area (Å²) >= 11 is 1.61. The van der Waals surface area contributed by atoms with Crippen molar-refractivity contribution in [3.8, 4) is 0 Å². The molecule has 6 nitrogen and oxygen atoms in total. The summed E-state index contributed by atoms with van der Waals surface area (Å²) in [6, 6.07) is 3.91. The third-order valence-corrected chi connectivity index (χ3v) is 4.82. The number of nitrogens with one attached hydrogen (secondary N) is 2. The summed E-state index contributed by atoms with van der Waals surface area (Å²) in [6.45, 7) is 4.64. The SMILES string of the molecule is Cc1nc(C)c(CNc2ccc(F)c(N3CCC(=O)NC3=O)c2)s1. The molecule has 1 aromatic heterocycles. The molecule has 0 atom stereocenters. The van der Waals surface area contributed by atoms with Crippen molar-refractivity contribution in [3.05, 3.63) is 39.6 Å². The van der Waals surface area contributed by atoms with Gasteiger partial charge >= 0.3 is 6.03 Å². The van der Waals surface area contributed by atoms with Crippen LogP contribution in [-0.4, -0.2) is 23.5 Å². The topological polar surface area (TPSA) is 74.3 Å². The number of thiazole rings is 1. The molecule has 1 aliphatic rings. The van der Waals surface area contributed by atoms with Gasteiger partial charge < -0.3 is 5.32 Å². The number of anilines is 2. The summed E-state index contributed by atoms with van der Waals surface area (Å²) in [6.07, 6.45) is 0.155. The molecule has 126 valence electrons. The van der Waals surface area contributed by atoms with E-state index >= 15 is 0 Å². The normalized spacial score (nSPS) is 14.7. The maximum absolute atomic E-state index is 14.1. The molecule has 0 aliphatic carbocycles. The number of carbonyl (C=O) groups is 2. The van der Waals surface area contributed by atoms with Crippen LogP contribution in [0.4, 0.5) is 20.6 Å². The van der Waals surface area contributed by atoms with Crippen molar-refractivity contribution < 1.29 is 14.0 Å². The van der Waals surface area contributed by atoms with Gasteiger partial charge in [-0.3, -0.25) is 15.0 Å². The van der Waals surface area contributed by atoms with Crippen LogP contribution in [0.2, 0.25) is 0 Å². The molecule has 1 saturated heterocycles. The standard InChI is InChI=1S/C16H17FN4O2S/c1-9-14(24-10(2)19-9)8-18-11-3-4-12(17)13(7-11)21-6-5-15(22)20-16(21)23/h3-4,7,18H,5-6,8H2,1-2H3,(H,20,22,23). The summed E-state index contributed by atoms with van der Waals surface area (Å²) < 4.78 is 14.1. The van der Waals surface area contributed by atoms with E-state index in [4.69, 9.17) is 0 Å². The Morgan fingerprint density at radius 3 is 2.83 bits per heavy atom. The van der Waals surface area contributed by atoms with Gasteiger partial charge in [-0.05, 0) is 32.0 Å². The van der Waals surface area contributed by atoms with Gasteiger partial charge in [0.15, 0.2) is 0 Å². The number of amides is 3. The molecule has 2 N–H and O–H groups in total. The molecule has 0 spiro atoms. The first-order valence-corrected chi connectivity index (χ1v) is 8.33.